The van der Waals surface area contributed by atoms with Crippen LogP contribution in [0.3, 0.4) is 0 Å². The first kappa shape index (κ1) is 11.9. The first-order valence-electron chi connectivity index (χ1n) is 7.98. The summed E-state index contributed by atoms with van der Waals surface area (Å²) in [6.45, 7) is 3.76. The average Bonchev–Trinajstić information content (AvgIpc) is 2.95. The minimum atomic E-state index is 0.692. The van der Waals surface area contributed by atoms with Crippen LogP contribution in [-0.4, -0.2) is 30.6 Å². The predicted octanol–water partition coefficient (Wildman–Crippen LogP) is 2.75. The molecule has 1 aromatic carbocycles. The van der Waals surface area contributed by atoms with Crippen LogP contribution in [0.1, 0.15) is 42.9 Å². The standard InChI is InChI=1S/C17H24N2/c1-2-8-15-13(5-1)6-3-9-16(15)19-10-4-7-14-11-18-12-17(14)19/h1-2,5,8,14,16-18H,3-4,6-7,9-12H2. The molecular formula is C17H24N2. The predicted molar refractivity (Wildman–Crippen MR) is 78.2 cm³/mol. The zero-order valence-corrected chi connectivity index (χ0v) is 11.6. The molecule has 1 aliphatic carbocycles. The number of hydrogen-bond donors (Lipinski definition) is 1. The molecule has 19 heavy (non-hydrogen) atoms. The van der Waals surface area contributed by atoms with E-state index in [-0.39, 0.29) is 0 Å². The molecule has 2 aliphatic heterocycles. The van der Waals surface area contributed by atoms with E-state index >= 15 is 0 Å². The highest BCUT2D eigenvalue weighted by Crippen LogP contribution is 2.39. The van der Waals surface area contributed by atoms with Crippen LogP contribution in [0.2, 0.25) is 0 Å². The van der Waals surface area contributed by atoms with Crippen LogP contribution in [0.4, 0.5) is 0 Å². The Morgan fingerprint density at radius 1 is 1.05 bits per heavy atom. The van der Waals surface area contributed by atoms with Crippen molar-refractivity contribution >= 4 is 0 Å². The molecule has 3 unspecified atom stereocenters. The number of hydrogen-bond acceptors (Lipinski definition) is 2. The summed E-state index contributed by atoms with van der Waals surface area (Å²) in [4.78, 5) is 2.84. The largest absolute Gasteiger partial charge is 0.315 e. The van der Waals surface area contributed by atoms with Crippen molar-refractivity contribution in [2.75, 3.05) is 19.6 Å². The number of nitrogens with zero attached hydrogens (tertiary/aromatic N) is 1. The van der Waals surface area contributed by atoms with Gasteiger partial charge in [-0.1, -0.05) is 24.3 Å². The summed E-state index contributed by atoms with van der Waals surface area (Å²) in [5, 5.41) is 3.62. The van der Waals surface area contributed by atoms with Gasteiger partial charge in [0.05, 0.1) is 0 Å². The molecular weight excluding hydrogens is 232 g/mol. The molecule has 2 saturated heterocycles. The summed E-state index contributed by atoms with van der Waals surface area (Å²) >= 11 is 0. The summed E-state index contributed by atoms with van der Waals surface area (Å²) in [5.41, 5.74) is 3.23. The molecule has 3 atom stereocenters. The highest BCUT2D eigenvalue weighted by Gasteiger charge is 2.39. The van der Waals surface area contributed by atoms with E-state index in [0.29, 0.717) is 6.04 Å². The average molecular weight is 256 g/mol. The normalized spacial score (nSPS) is 34.8. The van der Waals surface area contributed by atoms with Gasteiger partial charge in [0.15, 0.2) is 0 Å². The van der Waals surface area contributed by atoms with Gasteiger partial charge in [0.25, 0.3) is 0 Å². The highest BCUT2D eigenvalue weighted by atomic mass is 15.2. The number of fused-ring (bicyclic) bond motifs is 2. The Hall–Kier alpha value is -0.860. The van der Waals surface area contributed by atoms with E-state index in [1.54, 1.807) is 11.1 Å². The second-order valence-corrected chi connectivity index (χ2v) is 6.47. The van der Waals surface area contributed by atoms with Crippen LogP contribution >= 0.6 is 0 Å². The lowest BCUT2D eigenvalue weighted by atomic mass is 9.83. The minimum Gasteiger partial charge on any atom is -0.315 e. The molecule has 2 nitrogen and oxygen atoms in total. The zero-order valence-electron chi connectivity index (χ0n) is 11.6. The Morgan fingerprint density at radius 3 is 3.00 bits per heavy atom. The molecule has 4 rings (SSSR count). The molecule has 2 fully saturated rings. The second-order valence-electron chi connectivity index (χ2n) is 6.47. The molecule has 1 aromatic rings. The fraction of sp³-hybridized carbons (Fsp3) is 0.647. The molecule has 2 heteroatoms. The Morgan fingerprint density at radius 2 is 2.00 bits per heavy atom. The molecule has 1 N–H and O–H groups in total. The maximum atomic E-state index is 3.62. The number of nitrogens with one attached hydrogen (secondary N) is 1. The van der Waals surface area contributed by atoms with Gasteiger partial charge in [-0.2, -0.15) is 0 Å². The topological polar surface area (TPSA) is 15.3 Å². The third kappa shape index (κ3) is 2.02. The third-order valence-corrected chi connectivity index (χ3v) is 5.46. The van der Waals surface area contributed by atoms with Crippen molar-refractivity contribution in [3.63, 3.8) is 0 Å². The number of likely N-dealkylation sites (tertiary alicyclic amines) is 1. The van der Waals surface area contributed by atoms with Crippen LogP contribution in [0, 0.1) is 5.92 Å². The van der Waals surface area contributed by atoms with Crippen molar-refractivity contribution < 1.29 is 0 Å². The quantitative estimate of drug-likeness (QED) is 0.831. The first-order valence-corrected chi connectivity index (χ1v) is 7.98. The Balaban J connectivity index is 1.65. The molecule has 102 valence electrons. The van der Waals surface area contributed by atoms with E-state index in [1.165, 1.54) is 51.7 Å². The second kappa shape index (κ2) is 4.92. The van der Waals surface area contributed by atoms with Crippen LogP contribution in [0.25, 0.3) is 0 Å². The van der Waals surface area contributed by atoms with Crippen molar-refractivity contribution in [3.05, 3.63) is 35.4 Å². The third-order valence-electron chi connectivity index (χ3n) is 5.46. The Bertz CT molecular complexity index is 456. The number of rotatable bonds is 1. The SMILES string of the molecule is c1ccc2c(c1)CCCC2N1CCCC2CNCC21. The van der Waals surface area contributed by atoms with Crippen molar-refractivity contribution in [3.8, 4) is 0 Å². The van der Waals surface area contributed by atoms with Crippen molar-refractivity contribution in [2.24, 2.45) is 5.92 Å². The molecule has 2 heterocycles. The molecule has 0 amide bonds. The van der Waals surface area contributed by atoms with E-state index in [4.69, 9.17) is 0 Å². The van der Waals surface area contributed by atoms with Gasteiger partial charge < -0.3 is 5.32 Å². The summed E-state index contributed by atoms with van der Waals surface area (Å²) in [6.07, 6.45) is 6.83. The molecule has 0 spiro atoms. The summed E-state index contributed by atoms with van der Waals surface area (Å²) in [5.74, 6) is 0.905. The lowest BCUT2D eigenvalue weighted by molar-refractivity contribution is 0.0679. The Labute approximate surface area is 116 Å². The number of piperidine rings is 1. The van der Waals surface area contributed by atoms with Crippen LogP contribution in [-0.2, 0) is 6.42 Å². The van der Waals surface area contributed by atoms with Crippen LogP contribution in [0.15, 0.2) is 24.3 Å². The smallest absolute Gasteiger partial charge is 0.0354 e. The zero-order chi connectivity index (χ0) is 12.7. The summed E-state index contributed by atoms with van der Waals surface area (Å²) in [6, 6.07) is 10.6. The maximum absolute atomic E-state index is 3.62. The first-order chi connectivity index (χ1) is 9.43. The monoisotopic (exact) mass is 256 g/mol. The summed E-state index contributed by atoms with van der Waals surface area (Å²) in [7, 11) is 0. The fourth-order valence-corrected chi connectivity index (χ4v) is 4.56. The van der Waals surface area contributed by atoms with Gasteiger partial charge in [-0.15, -0.1) is 0 Å². The molecule has 0 aromatic heterocycles. The van der Waals surface area contributed by atoms with E-state index in [0.717, 1.165) is 12.0 Å². The van der Waals surface area contributed by atoms with Gasteiger partial charge in [-0.25, -0.2) is 0 Å². The summed E-state index contributed by atoms with van der Waals surface area (Å²) < 4.78 is 0. The number of aryl methyl sites for hydroxylation is 1. The van der Waals surface area contributed by atoms with E-state index in [2.05, 4.69) is 34.5 Å². The molecule has 0 bridgehead atoms. The van der Waals surface area contributed by atoms with Crippen LogP contribution < -0.4 is 5.32 Å². The van der Waals surface area contributed by atoms with E-state index in [9.17, 15) is 0 Å². The molecule has 0 saturated carbocycles. The van der Waals surface area contributed by atoms with Gasteiger partial charge in [0.1, 0.15) is 0 Å². The van der Waals surface area contributed by atoms with E-state index in [1.807, 2.05) is 0 Å². The van der Waals surface area contributed by atoms with Gasteiger partial charge in [0, 0.05) is 18.6 Å². The Kier molecular flexibility index (Phi) is 3.08. The van der Waals surface area contributed by atoms with Gasteiger partial charge in [0.2, 0.25) is 0 Å². The van der Waals surface area contributed by atoms with E-state index < -0.39 is 0 Å². The van der Waals surface area contributed by atoms with Gasteiger partial charge in [-0.05, 0) is 62.2 Å². The lowest BCUT2D eigenvalue weighted by Gasteiger charge is -2.44. The lowest BCUT2D eigenvalue weighted by Crippen LogP contribution is -2.47. The van der Waals surface area contributed by atoms with Crippen molar-refractivity contribution in [2.45, 2.75) is 44.2 Å². The fourth-order valence-electron chi connectivity index (χ4n) is 4.56. The molecule has 0 radical (unpaired) electrons. The maximum Gasteiger partial charge on any atom is 0.0354 e. The minimum absolute atomic E-state index is 0.692. The molecule has 3 aliphatic rings. The number of benzene rings is 1. The van der Waals surface area contributed by atoms with Crippen molar-refractivity contribution in [1.82, 2.24) is 10.2 Å². The van der Waals surface area contributed by atoms with Crippen molar-refractivity contribution in [1.29, 1.82) is 0 Å². The highest BCUT2D eigenvalue weighted by molar-refractivity contribution is 5.32. The van der Waals surface area contributed by atoms with Crippen LogP contribution in [0.5, 0.6) is 0 Å². The van der Waals surface area contributed by atoms with Gasteiger partial charge >= 0.3 is 0 Å². The van der Waals surface area contributed by atoms with Gasteiger partial charge in [-0.3, -0.25) is 4.90 Å².